The summed E-state index contributed by atoms with van der Waals surface area (Å²) in [5, 5.41) is 13.4. The molecular formula is C27H24BrFN4O. The van der Waals surface area contributed by atoms with E-state index in [1.165, 1.54) is 12.1 Å². The lowest BCUT2D eigenvalue weighted by Gasteiger charge is -2.21. The molecule has 0 saturated carbocycles. The topological polar surface area (TPSA) is 63.7 Å². The Bertz CT molecular complexity index is 1380. The molecule has 0 bridgehead atoms. The van der Waals surface area contributed by atoms with Crippen LogP contribution in [0.25, 0.3) is 11.1 Å². The van der Waals surface area contributed by atoms with Crippen molar-refractivity contribution in [2.24, 2.45) is 7.05 Å². The van der Waals surface area contributed by atoms with Crippen LogP contribution in [0.1, 0.15) is 48.2 Å². The van der Waals surface area contributed by atoms with Gasteiger partial charge in [0.05, 0.1) is 5.69 Å². The summed E-state index contributed by atoms with van der Waals surface area (Å²) in [6, 6.07) is 18.6. The van der Waals surface area contributed by atoms with Crippen LogP contribution in [0.15, 0.2) is 65.3 Å². The SMILES string of the molecule is CCc1ncc(Br)cc1O[C@H](C)c1cc(F)ccc1-c1ccccc1Cc1cc(C#N)nn1C. The molecule has 172 valence electrons. The van der Waals surface area contributed by atoms with Gasteiger partial charge in [-0.1, -0.05) is 37.3 Å². The average molecular weight is 519 g/mol. The predicted octanol–water partition coefficient (Wildman–Crippen LogP) is 6.55. The highest BCUT2D eigenvalue weighted by molar-refractivity contribution is 9.10. The van der Waals surface area contributed by atoms with Crippen molar-refractivity contribution in [1.82, 2.24) is 14.8 Å². The summed E-state index contributed by atoms with van der Waals surface area (Å²) < 4.78 is 23.2. The number of nitriles is 1. The number of benzene rings is 2. The van der Waals surface area contributed by atoms with Crippen LogP contribution in [0, 0.1) is 17.1 Å². The summed E-state index contributed by atoms with van der Waals surface area (Å²) in [7, 11) is 1.83. The summed E-state index contributed by atoms with van der Waals surface area (Å²) in [6.45, 7) is 3.94. The molecule has 0 aliphatic rings. The number of hydrogen-bond donors (Lipinski definition) is 0. The van der Waals surface area contributed by atoms with E-state index in [2.05, 4.69) is 32.1 Å². The zero-order valence-electron chi connectivity index (χ0n) is 19.2. The maximum atomic E-state index is 14.4. The molecule has 0 aliphatic carbocycles. The highest BCUT2D eigenvalue weighted by Crippen LogP contribution is 2.35. The summed E-state index contributed by atoms with van der Waals surface area (Å²) in [6.07, 6.45) is 2.64. The van der Waals surface area contributed by atoms with E-state index in [9.17, 15) is 9.65 Å². The van der Waals surface area contributed by atoms with Crippen LogP contribution in [-0.4, -0.2) is 14.8 Å². The minimum absolute atomic E-state index is 0.319. The molecule has 0 unspecified atom stereocenters. The number of rotatable bonds is 7. The minimum Gasteiger partial charge on any atom is -0.484 e. The zero-order chi connectivity index (χ0) is 24.2. The Balaban J connectivity index is 1.74. The maximum absolute atomic E-state index is 14.4. The van der Waals surface area contributed by atoms with Crippen molar-refractivity contribution < 1.29 is 9.13 Å². The maximum Gasteiger partial charge on any atom is 0.162 e. The van der Waals surface area contributed by atoms with Crippen molar-refractivity contribution in [3.05, 3.63) is 99.3 Å². The van der Waals surface area contributed by atoms with Crippen molar-refractivity contribution in [2.75, 3.05) is 0 Å². The van der Waals surface area contributed by atoms with Crippen LogP contribution < -0.4 is 4.74 Å². The lowest BCUT2D eigenvalue weighted by molar-refractivity contribution is 0.223. The first-order valence-electron chi connectivity index (χ1n) is 11.0. The van der Waals surface area contributed by atoms with Gasteiger partial charge < -0.3 is 4.74 Å². The van der Waals surface area contributed by atoms with Crippen LogP contribution in [-0.2, 0) is 19.9 Å². The van der Waals surface area contributed by atoms with E-state index in [1.807, 2.05) is 51.2 Å². The zero-order valence-corrected chi connectivity index (χ0v) is 20.8. The Hall–Kier alpha value is -3.50. The molecule has 5 nitrogen and oxygen atoms in total. The molecule has 4 rings (SSSR count). The number of aryl methyl sites for hydroxylation is 2. The van der Waals surface area contributed by atoms with Crippen molar-refractivity contribution in [3.8, 4) is 22.9 Å². The number of ether oxygens (including phenoxy) is 1. The number of hydrogen-bond acceptors (Lipinski definition) is 4. The second kappa shape index (κ2) is 10.2. The molecule has 0 saturated heterocycles. The standard InChI is InChI=1S/C27H24BrFN4O/c1-4-26-27(12-19(28)16-31-26)34-17(2)25-13-20(29)9-10-24(25)23-8-6-5-7-18(23)11-22-14-21(15-30)32-33(22)3/h5-10,12-14,16-17H,4,11H2,1-3H3/t17-/m1/s1. The Morgan fingerprint density at radius 2 is 1.94 bits per heavy atom. The van der Waals surface area contributed by atoms with Crippen molar-refractivity contribution in [3.63, 3.8) is 0 Å². The smallest absolute Gasteiger partial charge is 0.162 e. The first kappa shape index (κ1) is 23.7. The first-order valence-corrected chi connectivity index (χ1v) is 11.8. The van der Waals surface area contributed by atoms with Crippen molar-refractivity contribution >= 4 is 15.9 Å². The van der Waals surface area contributed by atoms with Gasteiger partial charge in [0.2, 0.25) is 0 Å². The van der Waals surface area contributed by atoms with E-state index >= 15 is 0 Å². The third-order valence-corrected chi connectivity index (χ3v) is 6.19. The third kappa shape index (κ3) is 5.02. The van der Waals surface area contributed by atoms with Gasteiger partial charge in [-0.2, -0.15) is 10.4 Å². The van der Waals surface area contributed by atoms with Crippen LogP contribution in [0.4, 0.5) is 4.39 Å². The highest BCUT2D eigenvalue weighted by atomic mass is 79.9. The molecule has 0 spiro atoms. The number of pyridine rings is 1. The Labute approximate surface area is 207 Å². The fourth-order valence-electron chi connectivity index (χ4n) is 4.04. The van der Waals surface area contributed by atoms with Crippen molar-refractivity contribution in [2.45, 2.75) is 32.8 Å². The van der Waals surface area contributed by atoms with Gasteiger partial charge in [0, 0.05) is 35.4 Å². The molecule has 2 heterocycles. The molecule has 0 aliphatic heterocycles. The van der Waals surface area contributed by atoms with Crippen LogP contribution >= 0.6 is 15.9 Å². The molecule has 0 N–H and O–H groups in total. The molecular weight excluding hydrogens is 495 g/mol. The Kier molecular flexibility index (Phi) is 7.09. The number of aromatic nitrogens is 3. The monoisotopic (exact) mass is 518 g/mol. The highest BCUT2D eigenvalue weighted by Gasteiger charge is 2.19. The van der Waals surface area contributed by atoms with Gasteiger partial charge in [0.15, 0.2) is 5.69 Å². The Morgan fingerprint density at radius 1 is 1.15 bits per heavy atom. The molecule has 34 heavy (non-hydrogen) atoms. The van der Waals surface area contributed by atoms with E-state index in [-0.39, 0.29) is 5.82 Å². The molecule has 2 aromatic carbocycles. The first-order chi connectivity index (χ1) is 16.4. The number of halogens is 2. The predicted molar refractivity (Wildman–Crippen MR) is 133 cm³/mol. The summed E-state index contributed by atoms with van der Waals surface area (Å²) in [4.78, 5) is 4.44. The van der Waals surface area contributed by atoms with Gasteiger partial charge >= 0.3 is 0 Å². The quantitative estimate of drug-likeness (QED) is 0.278. The lowest BCUT2D eigenvalue weighted by Crippen LogP contribution is -2.08. The fourth-order valence-corrected chi connectivity index (χ4v) is 4.35. The number of nitrogens with zero attached hydrogens (tertiary/aromatic N) is 4. The molecule has 4 aromatic rings. The molecule has 7 heteroatoms. The largest absolute Gasteiger partial charge is 0.484 e. The minimum atomic E-state index is -0.415. The third-order valence-electron chi connectivity index (χ3n) is 5.76. The second-order valence-corrected chi connectivity index (χ2v) is 8.95. The van der Waals surface area contributed by atoms with Gasteiger partial charge in [0.25, 0.3) is 0 Å². The van der Waals surface area contributed by atoms with Gasteiger partial charge in [-0.25, -0.2) is 4.39 Å². The van der Waals surface area contributed by atoms with Crippen LogP contribution in [0.5, 0.6) is 5.75 Å². The van der Waals surface area contributed by atoms with Gasteiger partial charge in [-0.15, -0.1) is 0 Å². The van der Waals surface area contributed by atoms with Crippen LogP contribution in [0.2, 0.25) is 0 Å². The van der Waals surface area contributed by atoms with Crippen LogP contribution in [0.3, 0.4) is 0 Å². The molecule has 0 fully saturated rings. The summed E-state index contributed by atoms with van der Waals surface area (Å²) in [5.74, 6) is 0.354. The Morgan fingerprint density at radius 3 is 2.68 bits per heavy atom. The molecule has 2 aromatic heterocycles. The second-order valence-electron chi connectivity index (χ2n) is 8.03. The molecule has 0 radical (unpaired) electrons. The average Bonchev–Trinajstić information content (AvgIpc) is 3.19. The van der Waals surface area contributed by atoms with Gasteiger partial charge in [-0.3, -0.25) is 9.67 Å². The summed E-state index contributed by atoms with van der Waals surface area (Å²) in [5.41, 5.74) is 5.83. The molecule has 0 amide bonds. The van der Waals surface area contributed by atoms with E-state index in [0.717, 1.165) is 44.5 Å². The van der Waals surface area contributed by atoms with E-state index in [4.69, 9.17) is 4.74 Å². The normalized spacial score (nSPS) is 11.8. The van der Waals surface area contributed by atoms with E-state index in [1.54, 1.807) is 23.0 Å². The van der Waals surface area contributed by atoms with E-state index in [0.29, 0.717) is 17.9 Å². The summed E-state index contributed by atoms with van der Waals surface area (Å²) >= 11 is 3.46. The fraction of sp³-hybridized carbons (Fsp3) is 0.222. The van der Waals surface area contributed by atoms with E-state index < -0.39 is 6.10 Å². The molecule has 1 atom stereocenters. The lowest BCUT2D eigenvalue weighted by atomic mass is 9.91. The van der Waals surface area contributed by atoms with Gasteiger partial charge in [-0.05, 0) is 70.2 Å². The van der Waals surface area contributed by atoms with Gasteiger partial charge in [0.1, 0.15) is 23.7 Å². The van der Waals surface area contributed by atoms with Crippen molar-refractivity contribution in [1.29, 1.82) is 5.26 Å².